The van der Waals surface area contributed by atoms with Gasteiger partial charge in [-0.05, 0) is 26.6 Å². The molecule has 0 aromatic heterocycles. The summed E-state index contributed by atoms with van der Waals surface area (Å²) in [6.07, 6.45) is 4.61. The molecule has 3 nitrogen and oxygen atoms in total. The Hall–Kier alpha value is -1.38. The summed E-state index contributed by atoms with van der Waals surface area (Å²) in [7, 11) is 0. The zero-order chi connectivity index (χ0) is 9.84. The van der Waals surface area contributed by atoms with Crippen LogP contribution in [0.1, 0.15) is 20.3 Å². The van der Waals surface area contributed by atoms with Gasteiger partial charge in [-0.15, -0.1) is 0 Å². The van der Waals surface area contributed by atoms with Crippen LogP contribution in [0.2, 0.25) is 0 Å². The van der Waals surface area contributed by atoms with E-state index in [1.165, 1.54) is 0 Å². The number of nitrogens with zero attached hydrogens (tertiary/aromatic N) is 2. The number of aliphatic imine (C=N–C) groups is 2. The second-order valence-electron chi connectivity index (χ2n) is 3.10. The molecule has 0 saturated heterocycles. The first-order valence-electron chi connectivity index (χ1n) is 4.35. The van der Waals surface area contributed by atoms with Crippen molar-refractivity contribution < 1.29 is 0 Å². The lowest BCUT2D eigenvalue weighted by Crippen LogP contribution is -2.19. The van der Waals surface area contributed by atoms with Crippen molar-refractivity contribution in [1.82, 2.24) is 0 Å². The Morgan fingerprint density at radius 2 is 2.38 bits per heavy atom. The van der Waals surface area contributed by atoms with Gasteiger partial charge in [0.2, 0.25) is 0 Å². The Labute approximate surface area is 78.8 Å². The molecule has 0 radical (unpaired) electrons. The average molecular weight is 177 g/mol. The molecule has 1 heterocycles. The molecule has 0 aliphatic carbocycles. The Morgan fingerprint density at radius 1 is 1.69 bits per heavy atom. The zero-order valence-electron chi connectivity index (χ0n) is 8.12. The Morgan fingerprint density at radius 3 is 2.92 bits per heavy atom. The van der Waals surface area contributed by atoms with Crippen LogP contribution in [0.4, 0.5) is 0 Å². The van der Waals surface area contributed by atoms with Gasteiger partial charge in [-0.2, -0.15) is 0 Å². The summed E-state index contributed by atoms with van der Waals surface area (Å²) in [6, 6.07) is 0.247. The van der Waals surface area contributed by atoms with Crippen LogP contribution < -0.4 is 5.73 Å². The van der Waals surface area contributed by atoms with Gasteiger partial charge in [-0.1, -0.05) is 6.08 Å². The van der Waals surface area contributed by atoms with Crippen LogP contribution in [0.15, 0.2) is 33.5 Å². The first-order chi connectivity index (χ1) is 6.19. The normalized spacial score (nSPS) is 23.5. The number of hydrogen-bond acceptors (Lipinski definition) is 3. The Balaban J connectivity index is 3.07. The monoisotopic (exact) mass is 177 g/mol. The molecule has 1 aliphatic rings. The van der Waals surface area contributed by atoms with Crippen molar-refractivity contribution in [3.63, 3.8) is 0 Å². The summed E-state index contributed by atoms with van der Waals surface area (Å²) in [5, 5.41) is 0. The molecule has 70 valence electrons. The lowest BCUT2D eigenvalue weighted by atomic mass is 10.1. The van der Waals surface area contributed by atoms with Crippen LogP contribution in [0, 0.1) is 0 Å². The minimum absolute atomic E-state index is 0.247. The van der Waals surface area contributed by atoms with Crippen molar-refractivity contribution in [3.8, 4) is 0 Å². The fourth-order valence-electron chi connectivity index (χ4n) is 1.39. The van der Waals surface area contributed by atoms with E-state index in [1.54, 1.807) is 0 Å². The number of dihydropyridines is 1. The summed E-state index contributed by atoms with van der Waals surface area (Å²) < 4.78 is 0. The lowest BCUT2D eigenvalue weighted by Gasteiger charge is -2.17. The highest BCUT2D eigenvalue weighted by Gasteiger charge is 2.16. The summed E-state index contributed by atoms with van der Waals surface area (Å²) in [4.78, 5) is 8.32. The summed E-state index contributed by atoms with van der Waals surface area (Å²) in [5.74, 6) is 0. The van der Waals surface area contributed by atoms with Gasteiger partial charge in [0.25, 0.3) is 0 Å². The first-order valence-corrected chi connectivity index (χ1v) is 4.35. The van der Waals surface area contributed by atoms with Crippen LogP contribution in [0.5, 0.6) is 0 Å². The quantitative estimate of drug-likeness (QED) is 0.641. The third-order valence-electron chi connectivity index (χ3n) is 1.90. The van der Waals surface area contributed by atoms with Crippen molar-refractivity contribution in [2.75, 3.05) is 0 Å². The highest BCUT2D eigenvalue weighted by Crippen LogP contribution is 2.18. The number of hydrogen-bond donors (Lipinski definition) is 1. The van der Waals surface area contributed by atoms with Crippen molar-refractivity contribution in [3.05, 3.63) is 23.5 Å². The third-order valence-corrected chi connectivity index (χ3v) is 1.90. The van der Waals surface area contributed by atoms with Crippen LogP contribution in [0.3, 0.4) is 0 Å². The molecular formula is C10H15N3. The maximum atomic E-state index is 5.83. The molecule has 0 amide bonds. The average Bonchev–Trinajstić information content (AvgIpc) is 2.04. The molecule has 0 bridgehead atoms. The van der Waals surface area contributed by atoms with E-state index in [0.717, 1.165) is 23.5 Å². The zero-order valence-corrected chi connectivity index (χ0v) is 8.12. The predicted octanol–water partition coefficient (Wildman–Crippen LogP) is 1.67. The first kappa shape index (κ1) is 9.71. The van der Waals surface area contributed by atoms with Gasteiger partial charge in [0.1, 0.15) is 5.70 Å². The van der Waals surface area contributed by atoms with Gasteiger partial charge in [0, 0.05) is 12.1 Å². The summed E-state index contributed by atoms with van der Waals surface area (Å²) in [5.41, 5.74) is 8.19. The van der Waals surface area contributed by atoms with Crippen molar-refractivity contribution in [2.45, 2.75) is 26.3 Å². The van der Waals surface area contributed by atoms with E-state index < -0.39 is 0 Å². The van der Waals surface area contributed by atoms with Gasteiger partial charge < -0.3 is 5.73 Å². The van der Waals surface area contributed by atoms with E-state index in [4.69, 9.17) is 5.73 Å². The molecule has 2 N–H and O–H groups in total. The summed E-state index contributed by atoms with van der Waals surface area (Å²) >= 11 is 0. The molecule has 0 fully saturated rings. The predicted molar refractivity (Wildman–Crippen MR) is 57.1 cm³/mol. The molecule has 13 heavy (non-hydrogen) atoms. The van der Waals surface area contributed by atoms with Gasteiger partial charge in [0.05, 0.1) is 11.8 Å². The smallest absolute Gasteiger partial charge is 0.106 e. The van der Waals surface area contributed by atoms with E-state index >= 15 is 0 Å². The van der Waals surface area contributed by atoms with Gasteiger partial charge in [0.15, 0.2) is 0 Å². The van der Waals surface area contributed by atoms with Crippen molar-refractivity contribution in [2.24, 2.45) is 15.7 Å². The Kier molecular flexibility index (Phi) is 3.01. The number of rotatable bonds is 2. The van der Waals surface area contributed by atoms with E-state index in [2.05, 4.69) is 16.7 Å². The maximum Gasteiger partial charge on any atom is 0.106 e. The lowest BCUT2D eigenvalue weighted by molar-refractivity contribution is 0.712. The van der Waals surface area contributed by atoms with E-state index in [1.807, 2.05) is 26.0 Å². The summed E-state index contributed by atoms with van der Waals surface area (Å²) in [6.45, 7) is 7.47. The molecule has 1 rings (SSSR count). The Bertz CT molecular complexity index is 297. The van der Waals surface area contributed by atoms with Crippen molar-refractivity contribution >= 4 is 12.4 Å². The van der Waals surface area contributed by atoms with Gasteiger partial charge >= 0.3 is 0 Å². The largest absolute Gasteiger partial charge is 0.400 e. The highest BCUT2D eigenvalue weighted by atomic mass is 14.9. The van der Waals surface area contributed by atoms with Gasteiger partial charge in [-0.25, -0.2) is 0 Å². The highest BCUT2D eigenvalue weighted by molar-refractivity contribution is 6.09. The van der Waals surface area contributed by atoms with E-state index in [0.29, 0.717) is 0 Å². The molecule has 1 unspecified atom stereocenters. The van der Waals surface area contributed by atoms with E-state index in [-0.39, 0.29) is 6.04 Å². The molecule has 0 aromatic carbocycles. The van der Waals surface area contributed by atoms with E-state index in [9.17, 15) is 0 Å². The molecular weight excluding hydrogens is 162 g/mol. The van der Waals surface area contributed by atoms with Crippen LogP contribution >= 0.6 is 0 Å². The van der Waals surface area contributed by atoms with Crippen LogP contribution in [-0.2, 0) is 0 Å². The third kappa shape index (κ3) is 2.05. The second kappa shape index (κ2) is 4.03. The van der Waals surface area contributed by atoms with Crippen LogP contribution in [-0.4, -0.2) is 18.5 Å². The minimum Gasteiger partial charge on any atom is -0.400 e. The molecule has 1 aliphatic heterocycles. The SMILES string of the molecule is C=NC1=C(N)CC(C)N=C1/C=C\C. The molecule has 3 heteroatoms. The molecule has 1 atom stereocenters. The molecule has 0 aromatic rings. The fraction of sp³-hybridized carbons (Fsp3) is 0.400. The van der Waals surface area contributed by atoms with Crippen molar-refractivity contribution in [1.29, 1.82) is 0 Å². The van der Waals surface area contributed by atoms with Crippen LogP contribution in [0.25, 0.3) is 0 Å². The number of allylic oxidation sites excluding steroid dienone is 2. The fourth-order valence-corrected chi connectivity index (χ4v) is 1.39. The minimum atomic E-state index is 0.247. The second-order valence-corrected chi connectivity index (χ2v) is 3.10. The molecule has 0 saturated carbocycles. The standard InChI is InChI=1S/C10H15N3/c1-4-5-9-10(12-3)8(11)6-7(2)13-9/h4-5,7H,3,6,11H2,1-2H3/b5-4-. The number of nitrogens with two attached hydrogens (primary N) is 1. The van der Waals surface area contributed by atoms with Gasteiger partial charge in [-0.3, -0.25) is 9.98 Å². The topological polar surface area (TPSA) is 50.7 Å². The maximum absolute atomic E-state index is 5.83. The molecule has 0 spiro atoms.